The Hall–Kier alpha value is -2.18. The number of carboxylic acids is 1. The van der Waals surface area contributed by atoms with Crippen LogP contribution in [0.1, 0.15) is 18.7 Å². The van der Waals surface area contributed by atoms with E-state index in [9.17, 15) is 9.90 Å². The molecule has 0 spiro atoms. The zero-order valence-corrected chi connectivity index (χ0v) is 14.2. The van der Waals surface area contributed by atoms with Gasteiger partial charge in [-0.05, 0) is 6.54 Å². The molecule has 0 radical (unpaired) electrons. The fourth-order valence-corrected chi connectivity index (χ4v) is 3.34. The van der Waals surface area contributed by atoms with Crippen LogP contribution < -0.4 is 0 Å². The second-order valence-corrected chi connectivity index (χ2v) is 6.14. The number of piperazine rings is 1. The molecule has 1 aliphatic heterocycles. The summed E-state index contributed by atoms with van der Waals surface area (Å²) in [7, 11) is 1.89. The van der Waals surface area contributed by atoms with Crippen molar-refractivity contribution >= 4 is 5.97 Å². The third-order valence-corrected chi connectivity index (χ3v) is 4.79. The Balaban J connectivity index is 1.88. The summed E-state index contributed by atoms with van der Waals surface area (Å²) >= 11 is 0. The number of likely N-dealkylation sites (N-methyl/N-ethyl adjacent to an activating group) is 1. The number of rotatable bonds is 5. The van der Waals surface area contributed by atoms with Crippen molar-refractivity contribution in [2.24, 2.45) is 7.05 Å². The molecule has 2 aromatic rings. The smallest absolute Gasteiger partial charge is 0.327 e. The maximum atomic E-state index is 12.0. The van der Waals surface area contributed by atoms with Crippen LogP contribution in [-0.4, -0.2) is 63.2 Å². The van der Waals surface area contributed by atoms with Gasteiger partial charge in [-0.2, -0.15) is 0 Å². The number of aromatic nitrogens is 2. The maximum Gasteiger partial charge on any atom is 0.327 e. The first kappa shape index (κ1) is 16.7. The van der Waals surface area contributed by atoms with Crippen LogP contribution >= 0.6 is 0 Å². The molecule has 6 heteroatoms. The van der Waals surface area contributed by atoms with E-state index in [1.165, 1.54) is 0 Å². The normalized spacial score (nSPS) is 17.8. The van der Waals surface area contributed by atoms with E-state index in [-0.39, 0.29) is 0 Å². The topological polar surface area (TPSA) is 61.6 Å². The molecule has 1 atom stereocenters. The Morgan fingerprint density at radius 1 is 1.21 bits per heavy atom. The molecule has 2 heterocycles. The lowest BCUT2D eigenvalue weighted by Gasteiger charge is -2.37. The molecular formula is C18H24N4O2. The Morgan fingerprint density at radius 3 is 2.46 bits per heavy atom. The number of imidazole rings is 1. The van der Waals surface area contributed by atoms with Crippen molar-refractivity contribution < 1.29 is 9.90 Å². The Morgan fingerprint density at radius 2 is 1.88 bits per heavy atom. The van der Waals surface area contributed by atoms with Gasteiger partial charge in [0.15, 0.2) is 6.04 Å². The third-order valence-electron chi connectivity index (χ3n) is 4.79. The van der Waals surface area contributed by atoms with E-state index in [0.717, 1.165) is 49.8 Å². The highest BCUT2D eigenvalue weighted by atomic mass is 16.4. The van der Waals surface area contributed by atoms with Crippen LogP contribution in [0.2, 0.25) is 0 Å². The SMILES string of the molecule is CCN1CCN(C(C(=O)O)c2cnc(-c3ccccc3)n2C)CC1. The highest BCUT2D eigenvalue weighted by Crippen LogP contribution is 2.26. The molecule has 1 unspecified atom stereocenters. The van der Waals surface area contributed by atoms with Gasteiger partial charge in [0.1, 0.15) is 5.82 Å². The summed E-state index contributed by atoms with van der Waals surface area (Å²) in [5.74, 6) is -0.0217. The number of carbonyl (C=O) groups is 1. The number of benzene rings is 1. The molecule has 1 fully saturated rings. The largest absolute Gasteiger partial charge is 0.480 e. The standard InChI is InChI=1S/C18H24N4O2/c1-3-21-9-11-22(12-10-21)16(18(23)24)15-13-19-17(20(15)2)14-7-5-4-6-8-14/h4-8,13,16H,3,9-12H2,1-2H3,(H,23,24). The van der Waals surface area contributed by atoms with Gasteiger partial charge in [-0.3, -0.25) is 9.69 Å². The summed E-state index contributed by atoms with van der Waals surface area (Å²) in [6.45, 7) is 6.48. The van der Waals surface area contributed by atoms with E-state index >= 15 is 0 Å². The van der Waals surface area contributed by atoms with Crippen molar-refractivity contribution in [3.05, 3.63) is 42.2 Å². The van der Waals surface area contributed by atoms with E-state index in [0.29, 0.717) is 0 Å². The molecule has 6 nitrogen and oxygen atoms in total. The molecule has 0 aliphatic carbocycles. The Kier molecular flexibility index (Phi) is 4.97. The van der Waals surface area contributed by atoms with Crippen LogP contribution in [0.25, 0.3) is 11.4 Å². The van der Waals surface area contributed by atoms with Crippen molar-refractivity contribution in [3.8, 4) is 11.4 Å². The van der Waals surface area contributed by atoms with Crippen LogP contribution in [0.15, 0.2) is 36.5 Å². The van der Waals surface area contributed by atoms with Gasteiger partial charge in [0.2, 0.25) is 0 Å². The minimum Gasteiger partial charge on any atom is -0.480 e. The van der Waals surface area contributed by atoms with Gasteiger partial charge in [0.05, 0.1) is 11.9 Å². The first-order valence-electron chi connectivity index (χ1n) is 8.38. The van der Waals surface area contributed by atoms with E-state index in [1.54, 1.807) is 6.20 Å². The van der Waals surface area contributed by atoms with Gasteiger partial charge in [-0.15, -0.1) is 0 Å². The lowest BCUT2D eigenvalue weighted by Crippen LogP contribution is -2.49. The van der Waals surface area contributed by atoms with Gasteiger partial charge in [-0.1, -0.05) is 37.3 Å². The number of carboxylic acid groups (broad SMARTS) is 1. The van der Waals surface area contributed by atoms with Crippen LogP contribution in [0.3, 0.4) is 0 Å². The number of aliphatic carboxylic acids is 1. The van der Waals surface area contributed by atoms with Gasteiger partial charge in [0, 0.05) is 38.8 Å². The van der Waals surface area contributed by atoms with Crippen molar-refractivity contribution in [3.63, 3.8) is 0 Å². The van der Waals surface area contributed by atoms with Gasteiger partial charge in [-0.25, -0.2) is 4.98 Å². The Bertz CT molecular complexity index is 690. The third kappa shape index (κ3) is 3.20. The molecule has 0 saturated carbocycles. The van der Waals surface area contributed by atoms with Crippen molar-refractivity contribution in [1.29, 1.82) is 0 Å². The summed E-state index contributed by atoms with van der Waals surface area (Å²) in [4.78, 5) is 20.8. The molecular weight excluding hydrogens is 304 g/mol. The molecule has 1 N–H and O–H groups in total. The lowest BCUT2D eigenvalue weighted by molar-refractivity contribution is -0.144. The van der Waals surface area contributed by atoms with Gasteiger partial charge >= 0.3 is 5.97 Å². The monoisotopic (exact) mass is 328 g/mol. The van der Waals surface area contributed by atoms with Crippen LogP contribution in [-0.2, 0) is 11.8 Å². The predicted octanol–water partition coefficient (Wildman–Crippen LogP) is 1.85. The van der Waals surface area contributed by atoms with Crippen molar-refractivity contribution in [2.75, 3.05) is 32.7 Å². The Labute approximate surface area is 142 Å². The van der Waals surface area contributed by atoms with E-state index in [2.05, 4.69) is 16.8 Å². The molecule has 0 amide bonds. The van der Waals surface area contributed by atoms with Crippen molar-refractivity contribution in [2.45, 2.75) is 13.0 Å². The number of nitrogens with zero attached hydrogens (tertiary/aromatic N) is 4. The zero-order valence-electron chi connectivity index (χ0n) is 14.2. The fraction of sp³-hybridized carbons (Fsp3) is 0.444. The predicted molar refractivity (Wildman–Crippen MR) is 92.7 cm³/mol. The number of hydrogen-bond acceptors (Lipinski definition) is 4. The van der Waals surface area contributed by atoms with E-state index in [4.69, 9.17) is 0 Å². The summed E-state index contributed by atoms with van der Waals surface area (Å²) in [6, 6.07) is 9.20. The first-order chi connectivity index (χ1) is 11.6. The average molecular weight is 328 g/mol. The fourth-order valence-electron chi connectivity index (χ4n) is 3.34. The van der Waals surface area contributed by atoms with Crippen molar-refractivity contribution in [1.82, 2.24) is 19.4 Å². The maximum absolute atomic E-state index is 12.0. The second kappa shape index (κ2) is 7.15. The minimum atomic E-state index is -0.817. The summed E-state index contributed by atoms with van der Waals surface area (Å²) in [5.41, 5.74) is 1.72. The summed E-state index contributed by atoms with van der Waals surface area (Å²) in [6.07, 6.45) is 1.70. The minimum absolute atomic E-state index is 0.654. The highest BCUT2D eigenvalue weighted by Gasteiger charge is 2.32. The average Bonchev–Trinajstić information content (AvgIpc) is 2.98. The molecule has 3 rings (SSSR count). The van der Waals surface area contributed by atoms with Gasteiger partial charge in [0.25, 0.3) is 0 Å². The molecule has 128 valence electrons. The summed E-state index contributed by atoms with van der Waals surface area (Å²) in [5, 5.41) is 9.81. The number of hydrogen-bond donors (Lipinski definition) is 1. The van der Waals surface area contributed by atoms with Crippen LogP contribution in [0.4, 0.5) is 0 Å². The first-order valence-corrected chi connectivity index (χ1v) is 8.38. The molecule has 0 bridgehead atoms. The van der Waals surface area contributed by atoms with E-state index < -0.39 is 12.0 Å². The van der Waals surface area contributed by atoms with E-state index in [1.807, 2.05) is 46.8 Å². The molecule has 1 aromatic carbocycles. The van der Waals surface area contributed by atoms with Gasteiger partial charge < -0.3 is 14.6 Å². The molecule has 1 aliphatic rings. The quantitative estimate of drug-likeness (QED) is 0.908. The molecule has 1 aromatic heterocycles. The van der Waals surface area contributed by atoms with Crippen LogP contribution in [0, 0.1) is 0 Å². The lowest BCUT2D eigenvalue weighted by atomic mass is 10.1. The zero-order chi connectivity index (χ0) is 17.1. The summed E-state index contributed by atoms with van der Waals surface area (Å²) < 4.78 is 1.90. The second-order valence-electron chi connectivity index (χ2n) is 6.14. The van der Waals surface area contributed by atoms with Crippen LogP contribution in [0.5, 0.6) is 0 Å². The molecule has 1 saturated heterocycles. The highest BCUT2D eigenvalue weighted by molar-refractivity contribution is 5.75. The molecule has 24 heavy (non-hydrogen) atoms.